The Morgan fingerprint density at radius 1 is 1.31 bits per heavy atom. The maximum Gasteiger partial charge on any atom is 0.254 e. The fourth-order valence-electron chi connectivity index (χ4n) is 3.01. The summed E-state index contributed by atoms with van der Waals surface area (Å²) in [6.45, 7) is 3.86. The highest BCUT2D eigenvalue weighted by Gasteiger charge is 2.27. The molecule has 1 heterocycles. The molecule has 0 N–H and O–H groups in total. The summed E-state index contributed by atoms with van der Waals surface area (Å²) in [7, 11) is 1.53. The third-order valence-electron chi connectivity index (χ3n) is 4.29. The highest BCUT2D eigenvalue weighted by Crippen LogP contribution is 2.37. The van der Waals surface area contributed by atoms with E-state index in [-0.39, 0.29) is 12.0 Å². The van der Waals surface area contributed by atoms with E-state index in [2.05, 4.69) is 0 Å². The number of carbonyl (C=O) groups is 1. The van der Waals surface area contributed by atoms with Crippen LogP contribution >= 0.6 is 11.6 Å². The van der Waals surface area contributed by atoms with Gasteiger partial charge in [-0.05, 0) is 24.6 Å². The number of carbonyl (C=O) groups excluding carboxylic acids is 1. The summed E-state index contributed by atoms with van der Waals surface area (Å²) < 4.78 is 16.7. The molecular weight excluding hydrogens is 354 g/mol. The molecule has 1 aliphatic rings. The molecule has 2 aromatic rings. The minimum Gasteiger partial charge on any atom is -0.493 e. The van der Waals surface area contributed by atoms with Crippen molar-refractivity contribution in [2.45, 2.75) is 13.0 Å². The summed E-state index contributed by atoms with van der Waals surface area (Å²) in [5.41, 5.74) is 1.54. The largest absolute Gasteiger partial charge is 0.493 e. The van der Waals surface area contributed by atoms with Crippen LogP contribution in [0.2, 0.25) is 5.02 Å². The van der Waals surface area contributed by atoms with E-state index in [1.54, 1.807) is 17.0 Å². The average Bonchev–Trinajstić information content (AvgIpc) is 2.69. The molecule has 0 aliphatic carbocycles. The van der Waals surface area contributed by atoms with Crippen LogP contribution in [0.3, 0.4) is 0 Å². The van der Waals surface area contributed by atoms with Crippen LogP contribution < -0.4 is 9.47 Å². The van der Waals surface area contributed by atoms with Gasteiger partial charge in [0.2, 0.25) is 0 Å². The number of hydrogen-bond donors (Lipinski definition) is 0. The standard InChI is InChI=1S/C20H22ClNO4/c1-3-25-19-16(21)11-15(12-17(19)24-2)20(23)22-9-10-26-18(13-22)14-7-5-4-6-8-14/h4-8,11-12,18H,3,9-10,13H2,1-2H3. The van der Waals surface area contributed by atoms with Crippen molar-refractivity contribution in [1.82, 2.24) is 4.90 Å². The van der Waals surface area contributed by atoms with Crippen LogP contribution in [-0.4, -0.2) is 44.2 Å². The van der Waals surface area contributed by atoms with Crippen molar-refractivity contribution in [2.75, 3.05) is 33.4 Å². The Morgan fingerprint density at radius 2 is 2.08 bits per heavy atom. The van der Waals surface area contributed by atoms with Gasteiger partial charge < -0.3 is 19.1 Å². The quantitative estimate of drug-likeness (QED) is 0.793. The number of benzene rings is 2. The lowest BCUT2D eigenvalue weighted by atomic mass is 10.1. The smallest absolute Gasteiger partial charge is 0.254 e. The second kappa shape index (κ2) is 8.43. The van der Waals surface area contributed by atoms with Gasteiger partial charge in [0, 0.05) is 12.1 Å². The molecule has 1 saturated heterocycles. The molecule has 0 spiro atoms. The van der Waals surface area contributed by atoms with Crippen LogP contribution in [0.4, 0.5) is 0 Å². The van der Waals surface area contributed by atoms with Gasteiger partial charge in [0.1, 0.15) is 6.10 Å². The molecule has 2 aromatic carbocycles. The van der Waals surface area contributed by atoms with E-state index in [1.807, 2.05) is 37.3 Å². The van der Waals surface area contributed by atoms with E-state index in [9.17, 15) is 4.79 Å². The van der Waals surface area contributed by atoms with Crippen LogP contribution in [0, 0.1) is 0 Å². The number of halogens is 1. The maximum atomic E-state index is 13.0. The van der Waals surface area contributed by atoms with Crippen molar-refractivity contribution in [1.29, 1.82) is 0 Å². The summed E-state index contributed by atoms with van der Waals surface area (Å²) in [6, 6.07) is 13.2. The van der Waals surface area contributed by atoms with Gasteiger partial charge in [-0.2, -0.15) is 0 Å². The van der Waals surface area contributed by atoms with Crippen molar-refractivity contribution in [2.24, 2.45) is 0 Å². The molecule has 1 aliphatic heterocycles. The highest BCUT2D eigenvalue weighted by atomic mass is 35.5. The lowest BCUT2D eigenvalue weighted by molar-refractivity contribution is -0.0228. The maximum absolute atomic E-state index is 13.0. The first-order valence-corrected chi connectivity index (χ1v) is 8.98. The molecule has 1 unspecified atom stereocenters. The Balaban J connectivity index is 1.81. The number of ether oxygens (including phenoxy) is 3. The number of morpholine rings is 1. The summed E-state index contributed by atoms with van der Waals surface area (Å²) in [6.07, 6.45) is -0.131. The molecule has 1 fully saturated rings. The lowest BCUT2D eigenvalue weighted by Gasteiger charge is -2.33. The molecule has 0 radical (unpaired) electrons. The summed E-state index contributed by atoms with van der Waals surface area (Å²) >= 11 is 6.30. The zero-order valence-electron chi connectivity index (χ0n) is 14.9. The summed E-state index contributed by atoms with van der Waals surface area (Å²) in [4.78, 5) is 14.8. The number of methoxy groups -OCH3 is 1. The van der Waals surface area contributed by atoms with E-state index < -0.39 is 0 Å². The number of nitrogens with zero attached hydrogens (tertiary/aromatic N) is 1. The van der Waals surface area contributed by atoms with Crippen LogP contribution in [0.15, 0.2) is 42.5 Å². The van der Waals surface area contributed by atoms with Gasteiger partial charge in [0.15, 0.2) is 11.5 Å². The molecule has 138 valence electrons. The fraction of sp³-hybridized carbons (Fsp3) is 0.350. The van der Waals surface area contributed by atoms with Gasteiger partial charge in [-0.15, -0.1) is 0 Å². The van der Waals surface area contributed by atoms with Crippen molar-refractivity contribution >= 4 is 17.5 Å². The van der Waals surface area contributed by atoms with Crippen LogP contribution in [0.5, 0.6) is 11.5 Å². The van der Waals surface area contributed by atoms with Gasteiger partial charge >= 0.3 is 0 Å². The third-order valence-corrected chi connectivity index (χ3v) is 4.57. The van der Waals surface area contributed by atoms with Crippen LogP contribution in [0.1, 0.15) is 28.9 Å². The van der Waals surface area contributed by atoms with E-state index >= 15 is 0 Å². The van der Waals surface area contributed by atoms with E-state index in [0.29, 0.717) is 48.4 Å². The molecule has 0 bridgehead atoms. The Kier molecular flexibility index (Phi) is 6.01. The van der Waals surface area contributed by atoms with Crippen molar-refractivity contribution in [3.63, 3.8) is 0 Å². The molecule has 6 heteroatoms. The van der Waals surface area contributed by atoms with E-state index in [4.69, 9.17) is 25.8 Å². The predicted octanol–water partition coefficient (Wildman–Crippen LogP) is 3.96. The van der Waals surface area contributed by atoms with Gasteiger partial charge in [-0.1, -0.05) is 41.9 Å². The van der Waals surface area contributed by atoms with Crippen molar-refractivity contribution in [3.8, 4) is 11.5 Å². The second-order valence-electron chi connectivity index (χ2n) is 5.94. The second-order valence-corrected chi connectivity index (χ2v) is 6.35. The Hall–Kier alpha value is -2.24. The number of rotatable bonds is 5. The Bertz CT molecular complexity index is 766. The molecule has 3 rings (SSSR count). The molecule has 1 atom stereocenters. The normalized spacial score (nSPS) is 17.0. The zero-order valence-corrected chi connectivity index (χ0v) is 15.7. The first-order chi connectivity index (χ1) is 12.6. The zero-order chi connectivity index (χ0) is 18.5. The van der Waals surface area contributed by atoms with Crippen LogP contribution in [0.25, 0.3) is 0 Å². The van der Waals surface area contributed by atoms with Crippen molar-refractivity contribution in [3.05, 3.63) is 58.6 Å². The molecule has 5 nitrogen and oxygen atoms in total. The van der Waals surface area contributed by atoms with Gasteiger partial charge in [-0.3, -0.25) is 4.79 Å². The third kappa shape index (κ3) is 3.94. The van der Waals surface area contributed by atoms with Crippen LogP contribution in [-0.2, 0) is 4.74 Å². The lowest BCUT2D eigenvalue weighted by Crippen LogP contribution is -2.42. The average molecular weight is 376 g/mol. The SMILES string of the molecule is CCOc1c(Cl)cc(C(=O)N2CCOC(c3ccccc3)C2)cc1OC. The minimum atomic E-state index is -0.131. The van der Waals surface area contributed by atoms with Gasteiger partial charge in [0.25, 0.3) is 5.91 Å². The van der Waals surface area contributed by atoms with Gasteiger partial charge in [-0.25, -0.2) is 0 Å². The fourth-order valence-corrected chi connectivity index (χ4v) is 3.28. The monoisotopic (exact) mass is 375 g/mol. The predicted molar refractivity (Wildman–Crippen MR) is 100 cm³/mol. The minimum absolute atomic E-state index is 0.0996. The first-order valence-electron chi connectivity index (χ1n) is 8.60. The molecule has 0 saturated carbocycles. The highest BCUT2D eigenvalue weighted by molar-refractivity contribution is 6.32. The molecular formula is C20H22ClNO4. The first kappa shape index (κ1) is 18.5. The Morgan fingerprint density at radius 3 is 2.77 bits per heavy atom. The summed E-state index contributed by atoms with van der Waals surface area (Å²) in [5, 5.41) is 0.363. The number of hydrogen-bond acceptors (Lipinski definition) is 4. The summed E-state index contributed by atoms with van der Waals surface area (Å²) in [5.74, 6) is 0.811. The number of amides is 1. The van der Waals surface area contributed by atoms with Gasteiger partial charge in [0.05, 0.1) is 31.9 Å². The van der Waals surface area contributed by atoms with E-state index in [0.717, 1.165) is 5.56 Å². The topological polar surface area (TPSA) is 48.0 Å². The molecule has 26 heavy (non-hydrogen) atoms. The Labute approximate surface area is 158 Å². The van der Waals surface area contributed by atoms with E-state index in [1.165, 1.54) is 7.11 Å². The molecule has 0 aromatic heterocycles. The molecule has 1 amide bonds. The van der Waals surface area contributed by atoms with Crippen molar-refractivity contribution < 1.29 is 19.0 Å².